The molecule has 4 N–H and O–H groups in total. The van der Waals surface area contributed by atoms with E-state index in [9.17, 15) is 0 Å². The molecule has 0 bridgehead atoms. The highest BCUT2D eigenvalue weighted by Gasteiger charge is 2.28. The van der Waals surface area contributed by atoms with Crippen LogP contribution >= 0.6 is 0 Å². The van der Waals surface area contributed by atoms with Crippen LogP contribution in [0.4, 0.5) is 15.9 Å². The third-order valence-corrected chi connectivity index (χ3v) is 6.34. The van der Waals surface area contributed by atoms with Crippen molar-refractivity contribution in [3.63, 3.8) is 0 Å². The number of fused-ring (bicyclic) bond motifs is 1. The molecule has 0 aliphatic rings. The molecule has 2 aromatic heterocycles. The normalized spacial score (nSPS) is 12.2. The fourth-order valence-electron chi connectivity index (χ4n) is 4.41. The molecule has 0 aliphatic carbocycles. The van der Waals surface area contributed by atoms with Gasteiger partial charge in [0.1, 0.15) is 17.5 Å². The van der Waals surface area contributed by atoms with Crippen LogP contribution in [0.3, 0.4) is 0 Å². The quantitative estimate of drug-likeness (QED) is 0.339. The maximum absolute atomic E-state index is 15.4. The van der Waals surface area contributed by atoms with Crippen LogP contribution < -0.4 is 11.5 Å². The molecule has 1 atom stereocenters. The molecule has 6 nitrogen and oxygen atoms in total. The van der Waals surface area contributed by atoms with E-state index in [0.717, 1.165) is 33.9 Å². The first kappa shape index (κ1) is 22.5. The van der Waals surface area contributed by atoms with Crippen molar-refractivity contribution >= 4 is 22.3 Å². The van der Waals surface area contributed by atoms with Crippen molar-refractivity contribution in [1.82, 2.24) is 19.7 Å². The summed E-state index contributed by atoms with van der Waals surface area (Å²) in [5.41, 5.74) is 17.1. The molecule has 3 aromatic carbocycles. The maximum Gasteiger partial charge on any atom is 0.181 e. The van der Waals surface area contributed by atoms with Crippen molar-refractivity contribution in [3.05, 3.63) is 101 Å². The van der Waals surface area contributed by atoms with Crippen LogP contribution in [0.2, 0.25) is 0 Å². The molecular weight excluding hydrogens is 439 g/mol. The topological polar surface area (TPSA) is 95.6 Å². The van der Waals surface area contributed by atoms with Gasteiger partial charge in [-0.15, -0.1) is 0 Å². The third kappa shape index (κ3) is 4.21. The number of benzene rings is 3. The van der Waals surface area contributed by atoms with Gasteiger partial charge in [-0.2, -0.15) is 5.10 Å². The Morgan fingerprint density at radius 2 is 1.71 bits per heavy atom. The second kappa shape index (κ2) is 8.83. The lowest BCUT2D eigenvalue weighted by molar-refractivity contribution is 0.591. The van der Waals surface area contributed by atoms with Crippen molar-refractivity contribution < 1.29 is 4.39 Å². The third-order valence-electron chi connectivity index (χ3n) is 6.34. The summed E-state index contributed by atoms with van der Waals surface area (Å²) in [6, 6.07) is 20.6. The highest BCUT2D eigenvalue weighted by atomic mass is 19.1. The Morgan fingerprint density at radius 1 is 0.943 bits per heavy atom. The first-order chi connectivity index (χ1) is 16.8. The maximum atomic E-state index is 15.4. The lowest BCUT2D eigenvalue weighted by atomic mass is 9.91. The second-order valence-corrected chi connectivity index (χ2v) is 8.84. The van der Waals surface area contributed by atoms with Crippen LogP contribution in [0.25, 0.3) is 22.2 Å². The summed E-state index contributed by atoms with van der Waals surface area (Å²) < 4.78 is 17.1. The Balaban J connectivity index is 1.75. The molecule has 5 aromatic rings. The molecule has 0 aliphatic heterocycles. The van der Waals surface area contributed by atoms with E-state index in [2.05, 4.69) is 5.10 Å². The lowest BCUT2D eigenvalue weighted by Crippen LogP contribution is -2.14. The Morgan fingerprint density at radius 3 is 2.46 bits per heavy atom. The van der Waals surface area contributed by atoms with E-state index < -0.39 is 5.92 Å². The molecule has 0 spiro atoms. The minimum atomic E-state index is -0.619. The van der Waals surface area contributed by atoms with Crippen molar-refractivity contribution in [2.45, 2.75) is 26.2 Å². The van der Waals surface area contributed by atoms with Crippen molar-refractivity contribution in [2.24, 2.45) is 7.05 Å². The minimum Gasteiger partial charge on any atom is -0.399 e. The van der Waals surface area contributed by atoms with Gasteiger partial charge in [0.05, 0.1) is 11.6 Å². The van der Waals surface area contributed by atoms with Crippen molar-refractivity contribution in [1.29, 1.82) is 0 Å². The van der Waals surface area contributed by atoms with Gasteiger partial charge in [0, 0.05) is 29.2 Å². The molecule has 0 radical (unpaired) electrons. The van der Waals surface area contributed by atoms with Crippen LogP contribution in [0.1, 0.15) is 41.1 Å². The van der Waals surface area contributed by atoms with E-state index in [0.29, 0.717) is 34.4 Å². The largest absolute Gasteiger partial charge is 0.399 e. The second-order valence-electron chi connectivity index (χ2n) is 8.84. The smallest absolute Gasteiger partial charge is 0.181 e. The lowest BCUT2D eigenvalue weighted by Gasteiger charge is -2.19. The first-order valence-corrected chi connectivity index (χ1v) is 11.6. The van der Waals surface area contributed by atoms with E-state index in [-0.39, 0.29) is 5.82 Å². The van der Waals surface area contributed by atoms with E-state index in [1.54, 1.807) is 16.8 Å². The summed E-state index contributed by atoms with van der Waals surface area (Å²) >= 11 is 0. The number of rotatable bonds is 5. The van der Waals surface area contributed by atoms with Gasteiger partial charge >= 0.3 is 0 Å². The fraction of sp³-hybridized carbons (Fsp3) is 0.179. The number of hydrogen-bond acceptors (Lipinski definition) is 5. The summed E-state index contributed by atoms with van der Waals surface area (Å²) in [5, 5.41) is 6.29. The Kier molecular flexibility index (Phi) is 5.68. The number of nitrogens with two attached hydrogens (primary N) is 2. The van der Waals surface area contributed by atoms with Gasteiger partial charge in [-0.05, 0) is 54.6 Å². The Hall–Kier alpha value is -4.26. The number of hydrogen-bond donors (Lipinski definition) is 2. The standard InChI is InChI=1S/C28H27FN6/c1-4-17-7-12-23(29)22(13-17)25(24-15-19-14-20(30)10-11-21(19)26(31)32-24)28-33-27(34-35(28)3)18-8-5-16(2)6-9-18/h5-15,25H,4,30H2,1-3H3,(H2,31,32). The average molecular weight is 467 g/mol. The van der Waals surface area contributed by atoms with Gasteiger partial charge in [0.25, 0.3) is 0 Å². The summed E-state index contributed by atoms with van der Waals surface area (Å²) in [5.74, 6) is 0.544. The molecule has 176 valence electrons. The number of nitrogen functional groups attached to an aromatic ring is 2. The molecule has 1 unspecified atom stereocenters. The number of aromatic nitrogens is 4. The van der Waals surface area contributed by atoms with Crippen LogP contribution in [0.15, 0.2) is 66.7 Å². The van der Waals surface area contributed by atoms with Gasteiger partial charge in [-0.3, -0.25) is 4.68 Å². The SMILES string of the molecule is CCc1ccc(F)c(C(c2cc3cc(N)ccc3c(N)n2)c2nc(-c3ccc(C)cc3)nn2C)c1. The highest BCUT2D eigenvalue weighted by Crippen LogP contribution is 2.36. The van der Waals surface area contributed by atoms with Gasteiger partial charge < -0.3 is 11.5 Å². The number of halogens is 1. The van der Waals surface area contributed by atoms with Gasteiger partial charge in [0.15, 0.2) is 5.82 Å². The van der Waals surface area contributed by atoms with Gasteiger partial charge in [-0.25, -0.2) is 14.4 Å². The van der Waals surface area contributed by atoms with E-state index in [4.69, 9.17) is 21.4 Å². The monoisotopic (exact) mass is 466 g/mol. The van der Waals surface area contributed by atoms with Crippen molar-refractivity contribution in [2.75, 3.05) is 11.5 Å². The molecule has 0 saturated carbocycles. The van der Waals surface area contributed by atoms with Gasteiger partial charge in [0.2, 0.25) is 0 Å². The number of nitrogens with zero attached hydrogens (tertiary/aromatic N) is 4. The van der Waals surface area contributed by atoms with Crippen LogP contribution in [-0.4, -0.2) is 19.7 Å². The van der Waals surface area contributed by atoms with Crippen LogP contribution in [0, 0.1) is 12.7 Å². The molecule has 0 saturated heterocycles. The predicted molar refractivity (Wildman–Crippen MR) is 138 cm³/mol. The number of anilines is 2. The van der Waals surface area contributed by atoms with Crippen LogP contribution in [-0.2, 0) is 13.5 Å². The molecule has 0 amide bonds. The average Bonchev–Trinajstić information content (AvgIpc) is 3.21. The molecular formula is C28H27FN6. The zero-order valence-electron chi connectivity index (χ0n) is 20.0. The summed E-state index contributed by atoms with van der Waals surface area (Å²) in [6.45, 7) is 4.07. The fourth-order valence-corrected chi connectivity index (χ4v) is 4.41. The molecule has 35 heavy (non-hydrogen) atoms. The van der Waals surface area contributed by atoms with E-state index in [1.807, 2.05) is 69.4 Å². The Bertz CT molecular complexity index is 1540. The molecule has 0 fully saturated rings. The molecule has 2 heterocycles. The van der Waals surface area contributed by atoms with E-state index in [1.165, 1.54) is 6.07 Å². The predicted octanol–water partition coefficient (Wildman–Crippen LogP) is 5.38. The van der Waals surface area contributed by atoms with Gasteiger partial charge in [-0.1, -0.05) is 48.9 Å². The van der Waals surface area contributed by atoms with Crippen molar-refractivity contribution in [3.8, 4) is 11.4 Å². The van der Waals surface area contributed by atoms with E-state index >= 15 is 4.39 Å². The number of aryl methyl sites for hydroxylation is 3. The highest BCUT2D eigenvalue weighted by molar-refractivity contribution is 5.93. The number of pyridine rings is 1. The zero-order chi connectivity index (χ0) is 24.7. The summed E-state index contributed by atoms with van der Waals surface area (Å²) in [7, 11) is 1.82. The van der Waals surface area contributed by atoms with Crippen LogP contribution in [0.5, 0.6) is 0 Å². The first-order valence-electron chi connectivity index (χ1n) is 11.6. The summed E-state index contributed by atoms with van der Waals surface area (Å²) in [4.78, 5) is 9.57. The Labute approximate surface area is 203 Å². The molecule has 7 heteroatoms. The molecule has 5 rings (SSSR count). The minimum absolute atomic E-state index is 0.333. The summed E-state index contributed by atoms with van der Waals surface area (Å²) in [6.07, 6.45) is 0.775. The zero-order valence-corrected chi connectivity index (χ0v) is 20.0.